The summed E-state index contributed by atoms with van der Waals surface area (Å²) in [4.78, 5) is 32.4. The fraction of sp³-hybridized carbons (Fsp3) is 0.125. The zero-order valence-corrected chi connectivity index (χ0v) is 11.8. The maximum Gasteiger partial charge on any atom is 0.261 e. The van der Waals surface area contributed by atoms with Gasteiger partial charge in [0.15, 0.2) is 0 Å². The summed E-state index contributed by atoms with van der Waals surface area (Å²) < 4.78 is 1.31. The topological polar surface area (TPSA) is 76.9 Å². The maximum atomic E-state index is 12.3. The van der Waals surface area contributed by atoms with Crippen LogP contribution in [0.3, 0.4) is 0 Å². The minimum atomic E-state index is -0.247. The van der Waals surface area contributed by atoms with Gasteiger partial charge in [-0.15, -0.1) is 0 Å². The van der Waals surface area contributed by atoms with Crippen molar-refractivity contribution >= 4 is 16.8 Å². The Hall–Kier alpha value is -3.02. The zero-order chi connectivity index (χ0) is 15.4. The molecule has 1 N–H and O–H groups in total. The summed E-state index contributed by atoms with van der Waals surface area (Å²) >= 11 is 0. The third kappa shape index (κ3) is 3.01. The molecule has 3 rings (SSSR count). The highest BCUT2D eigenvalue weighted by Gasteiger charge is 2.07. The highest BCUT2D eigenvalue weighted by Crippen LogP contribution is 2.04. The highest BCUT2D eigenvalue weighted by molar-refractivity contribution is 5.78. The molecule has 0 saturated heterocycles. The molecule has 0 atom stereocenters. The van der Waals surface area contributed by atoms with E-state index in [1.54, 1.807) is 36.7 Å². The van der Waals surface area contributed by atoms with Crippen LogP contribution in [0.4, 0.5) is 0 Å². The molecule has 0 bridgehead atoms. The molecule has 2 aromatic heterocycles. The predicted molar refractivity (Wildman–Crippen MR) is 82.1 cm³/mol. The molecule has 3 aromatic rings. The smallest absolute Gasteiger partial charge is 0.261 e. The number of hydrogen-bond acceptors (Lipinski definition) is 4. The number of para-hydroxylation sites is 1. The van der Waals surface area contributed by atoms with E-state index in [1.807, 2.05) is 12.1 Å². The summed E-state index contributed by atoms with van der Waals surface area (Å²) in [6, 6.07) is 10.7. The average Bonchev–Trinajstić information content (AvgIpc) is 2.57. The molecular weight excluding hydrogens is 280 g/mol. The van der Waals surface area contributed by atoms with Crippen molar-refractivity contribution in [2.45, 2.75) is 13.1 Å². The van der Waals surface area contributed by atoms with E-state index in [2.05, 4.69) is 15.3 Å². The van der Waals surface area contributed by atoms with E-state index < -0.39 is 0 Å². The zero-order valence-electron chi connectivity index (χ0n) is 11.8. The number of aromatic nitrogens is 3. The second-order valence-electron chi connectivity index (χ2n) is 4.83. The molecule has 22 heavy (non-hydrogen) atoms. The van der Waals surface area contributed by atoms with Crippen LogP contribution in [-0.4, -0.2) is 20.4 Å². The lowest BCUT2D eigenvalue weighted by Crippen LogP contribution is -2.32. The number of nitrogens with zero attached hydrogens (tertiary/aromatic N) is 3. The number of rotatable bonds is 4. The van der Waals surface area contributed by atoms with Gasteiger partial charge in [-0.25, -0.2) is 4.98 Å². The van der Waals surface area contributed by atoms with Crippen molar-refractivity contribution < 1.29 is 4.79 Å². The van der Waals surface area contributed by atoms with Gasteiger partial charge >= 0.3 is 0 Å². The van der Waals surface area contributed by atoms with E-state index in [9.17, 15) is 9.59 Å². The van der Waals surface area contributed by atoms with Gasteiger partial charge in [-0.1, -0.05) is 18.2 Å². The quantitative estimate of drug-likeness (QED) is 0.782. The normalized spacial score (nSPS) is 10.5. The van der Waals surface area contributed by atoms with Gasteiger partial charge < -0.3 is 5.32 Å². The fourth-order valence-electron chi connectivity index (χ4n) is 2.13. The molecule has 2 heterocycles. The molecule has 0 radical (unpaired) electrons. The minimum Gasteiger partial charge on any atom is -0.350 e. The standard InChI is InChI=1S/C16H14N4O2/c21-15(18-9-12-4-3-7-17-8-12)10-20-11-19-14-6-2-1-5-13(14)16(20)22/h1-8,11H,9-10H2,(H,18,21). The number of nitrogens with one attached hydrogen (secondary N) is 1. The fourth-order valence-corrected chi connectivity index (χ4v) is 2.13. The summed E-state index contributed by atoms with van der Waals surface area (Å²) in [6.07, 6.45) is 4.75. The third-order valence-electron chi connectivity index (χ3n) is 3.26. The van der Waals surface area contributed by atoms with Gasteiger partial charge in [0.05, 0.1) is 17.2 Å². The van der Waals surface area contributed by atoms with Crippen LogP contribution in [-0.2, 0) is 17.9 Å². The van der Waals surface area contributed by atoms with Crippen molar-refractivity contribution in [1.29, 1.82) is 0 Å². The Kier molecular flexibility index (Phi) is 3.91. The Morgan fingerprint density at radius 2 is 2.05 bits per heavy atom. The van der Waals surface area contributed by atoms with Crippen molar-refractivity contribution in [3.63, 3.8) is 0 Å². The molecular formula is C16H14N4O2. The second-order valence-corrected chi connectivity index (χ2v) is 4.83. The van der Waals surface area contributed by atoms with Gasteiger partial charge in [0, 0.05) is 18.9 Å². The van der Waals surface area contributed by atoms with Crippen LogP contribution in [0.5, 0.6) is 0 Å². The third-order valence-corrected chi connectivity index (χ3v) is 3.26. The molecule has 1 aromatic carbocycles. The Morgan fingerprint density at radius 3 is 2.86 bits per heavy atom. The predicted octanol–water partition coefficient (Wildman–Crippen LogP) is 1.11. The number of pyridine rings is 1. The van der Waals surface area contributed by atoms with Crippen LogP contribution in [0.25, 0.3) is 10.9 Å². The molecule has 0 saturated carbocycles. The molecule has 1 amide bonds. The lowest BCUT2D eigenvalue weighted by atomic mass is 10.2. The Labute approximate surface area is 126 Å². The van der Waals surface area contributed by atoms with Crippen LogP contribution >= 0.6 is 0 Å². The lowest BCUT2D eigenvalue weighted by Gasteiger charge is -2.07. The van der Waals surface area contributed by atoms with Gasteiger partial charge in [-0.2, -0.15) is 0 Å². The first-order chi connectivity index (χ1) is 10.7. The van der Waals surface area contributed by atoms with Gasteiger partial charge in [0.2, 0.25) is 5.91 Å². The number of carbonyl (C=O) groups excluding carboxylic acids is 1. The van der Waals surface area contributed by atoms with Crippen molar-refractivity contribution in [2.24, 2.45) is 0 Å². The number of amides is 1. The van der Waals surface area contributed by atoms with E-state index in [0.717, 1.165) is 5.56 Å². The number of hydrogen-bond donors (Lipinski definition) is 1. The maximum absolute atomic E-state index is 12.3. The van der Waals surface area contributed by atoms with E-state index in [1.165, 1.54) is 10.9 Å². The van der Waals surface area contributed by atoms with E-state index in [-0.39, 0.29) is 18.0 Å². The van der Waals surface area contributed by atoms with Crippen molar-refractivity contribution in [1.82, 2.24) is 19.9 Å². The van der Waals surface area contributed by atoms with Gasteiger partial charge in [0.25, 0.3) is 5.56 Å². The lowest BCUT2D eigenvalue weighted by molar-refractivity contribution is -0.121. The first-order valence-corrected chi connectivity index (χ1v) is 6.84. The average molecular weight is 294 g/mol. The highest BCUT2D eigenvalue weighted by atomic mass is 16.2. The number of benzene rings is 1. The monoisotopic (exact) mass is 294 g/mol. The number of carbonyl (C=O) groups is 1. The van der Waals surface area contributed by atoms with E-state index in [0.29, 0.717) is 17.4 Å². The van der Waals surface area contributed by atoms with Crippen molar-refractivity contribution in [3.05, 3.63) is 71.0 Å². The van der Waals surface area contributed by atoms with Gasteiger partial charge in [-0.3, -0.25) is 19.1 Å². The van der Waals surface area contributed by atoms with Gasteiger partial charge in [0.1, 0.15) is 6.54 Å². The Balaban J connectivity index is 1.72. The molecule has 0 aliphatic heterocycles. The summed E-state index contributed by atoms with van der Waals surface area (Å²) in [5, 5.41) is 3.26. The first-order valence-electron chi connectivity index (χ1n) is 6.84. The van der Waals surface area contributed by atoms with Crippen LogP contribution < -0.4 is 10.9 Å². The molecule has 0 spiro atoms. The molecule has 0 unspecified atom stereocenters. The van der Waals surface area contributed by atoms with Crippen LogP contribution in [0, 0.1) is 0 Å². The van der Waals surface area contributed by atoms with Crippen LogP contribution in [0.15, 0.2) is 59.9 Å². The SMILES string of the molecule is O=C(Cn1cnc2ccccc2c1=O)NCc1cccnc1. The summed E-state index contributed by atoms with van der Waals surface area (Å²) in [6.45, 7) is 0.319. The summed E-state index contributed by atoms with van der Waals surface area (Å²) in [5.74, 6) is -0.247. The second kappa shape index (κ2) is 6.17. The largest absolute Gasteiger partial charge is 0.350 e. The summed E-state index contributed by atoms with van der Waals surface area (Å²) in [7, 11) is 0. The molecule has 110 valence electrons. The van der Waals surface area contributed by atoms with E-state index in [4.69, 9.17) is 0 Å². The van der Waals surface area contributed by atoms with Crippen LogP contribution in [0.1, 0.15) is 5.56 Å². The molecule has 6 nitrogen and oxygen atoms in total. The minimum absolute atomic E-state index is 0.0586. The van der Waals surface area contributed by atoms with Gasteiger partial charge in [-0.05, 0) is 23.8 Å². The van der Waals surface area contributed by atoms with E-state index >= 15 is 0 Å². The van der Waals surface area contributed by atoms with Crippen molar-refractivity contribution in [3.8, 4) is 0 Å². The molecule has 0 aliphatic carbocycles. The molecule has 6 heteroatoms. The number of fused-ring (bicyclic) bond motifs is 1. The van der Waals surface area contributed by atoms with Crippen molar-refractivity contribution in [2.75, 3.05) is 0 Å². The first kappa shape index (κ1) is 13.9. The Bertz CT molecular complexity index is 859. The van der Waals surface area contributed by atoms with Crippen LogP contribution in [0.2, 0.25) is 0 Å². The molecule has 0 fully saturated rings. The Morgan fingerprint density at radius 1 is 1.18 bits per heavy atom. The summed E-state index contributed by atoms with van der Waals surface area (Å²) in [5.41, 5.74) is 1.31. The molecule has 0 aliphatic rings.